The number of carbonyl (C=O) groups is 3. The van der Waals surface area contributed by atoms with Crippen molar-refractivity contribution in [3.63, 3.8) is 0 Å². The van der Waals surface area contributed by atoms with Crippen LogP contribution >= 0.6 is 0 Å². The Bertz CT molecular complexity index is 1060. The molecular weight excluding hydrogens is 448 g/mol. The lowest BCUT2D eigenvalue weighted by Gasteiger charge is -2.57. The average Bonchev–Trinajstić information content (AvgIpc) is 2.88. The van der Waals surface area contributed by atoms with Crippen LogP contribution in [0.5, 0.6) is 0 Å². The highest BCUT2D eigenvalue weighted by molar-refractivity contribution is 5.76. The van der Waals surface area contributed by atoms with E-state index in [1.54, 1.807) is 11.1 Å². The Morgan fingerprint density at radius 3 is 2.17 bits per heavy atom. The van der Waals surface area contributed by atoms with E-state index in [2.05, 4.69) is 41.3 Å². The summed E-state index contributed by atoms with van der Waals surface area (Å²) in [6.45, 7) is 3.27. The second-order valence-corrected chi connectivity index (χ2v) is 9.49. The second-order valence-electron chi connectivity index (χ2n) is 9.49. The van der Waals surface area contributed by atoms with Gasteiger partial charge in [-0.3, -0.25) is 14.5 Å². The fraction of sp³-hybridized carbons (Fsp3) is 0.444. The van der Waals surface area contributed by atoms with E-state index in [9.17, 15) is 19.5 Å². The van der Waals surface area contributed by atoms with Gasteiger partial charge in [0.1, 0.15) is 5.54 Å². The number of benzene rings is 1. The monoisotopic (exact) mass is 480 g/mol. The summed E-state index contributed by atoms with van der Waals surface area (Å²) in [5.74, 6) is -1.32. The van der Waals surface area contributed by atoms with Gasteiger partial charge in [-0.05, 0) is 67.5 Å². The molecule has 186 valence electrons. The van der Waals surface area contributed by atoms with E-state index < -0.39 is 23.6 Å². The summed E-state index contributed by atoms with van der Waals surface area (Å²) in [7, 11) is 0. The molecule has 1 amide bonds. The zero-order chi connectivity index (χ0) is 25.0. The van der Waals surface area contributed by atoms with Gasteiger partial charge in [0, 0.05) is 18.7 Å². The molecule has 8 nitrogen and oxygen atoms in total. The number of rotatable bonds is 5. The van der Waals surface area contributed by atoms with Crippen molar-refractivity contribution in [3.8, 4) is 0 Å². The van der Waals surface area contributed by atoms with Crippen LogP contribution in [-0.2, 0) is 15.1 Å². The number of allylic oxidation sites excluding steroid dienone is 2. The van der Waals surface area contributed by atoms with Crippen LogP contribution in [0.15, 0.2) is 54.3 Å². The minimum atomic E-state index is -1.08. The first kappa shape index (κ1) is 24.7. The standard InChI is InChI=1S/C23H26N2O2.C4H6O4/c26-22(27)25-15-12-17-6-4-5-9-20(17)23(25,19-7-2-1-3-8-19)21-16-24-13-10-18(21)11-14-24;5-3(6)1-2-4(7)8/h2,4-9,12,15,18,21H,1,3,10-11,13-14,16H2,(H,26,27);1-2H2,(H,5,6)(H,7,8). The Morgan fingerprint density at radius 2 is 1.63 bits per heavy atom. The Labute approximate surface area is 204 Å². The van der Waals surface area contributed by atoms with Crippen LogP contribution in [0.2, 0.25) is 0 Å². The zero-order valence-corrected chi connectivity index (χ0v) is 19.7. The molecule has 3 N–H and O–H groups in total. The molecule has 0 spiro atoms. The molecule has 2 unspecified atom stereocenters. The van der Waals surface area contributed by atoms with Gasteiger partial charge in [-0.1, -0.05) is 42.5 Å². The van der Waals surface area contributed by atoms with E-state index in [-0.39, 0.29) is 18.8 Å². The fourth-order valence-electron chi connectivity index (χ4n) is 6.04. The second kappa shape index (κ2) is 10.5. The Kier molecular flexibility index (Phi) is 7.40. The van der Waals surface area contributed by atoms with Gasteiger partial charge in [-0.15, -0.1) is 0 Å². The predicted molar refractivity (Wildman–Crippen MR) is 131 cm³/mol. The summed E-state index contributed by atoms with van der Waals surface area (Å²) >= 11 is 0. The molecule has 0 aromatic heterocycles. The van der Waals surface area contributed by atoms with E-state index in [1.165, 1.54) is 12.8 Å². The Hall–Kier alpha value is -3.39. The SMILES string of the molecule is O=C(O)CCC(=O)O.O=C(O)N1C=Cc2ccccc2C1(C1=CCCC=C1)C1CN2CCC1CC2. The molecule has 4 heterocycles. The number of nitrogens with zero attached hydrogens (tertiary/aromatic N) is 2. The van der Waals surface area contributed by atoms with Crippen molar-refractivity contribution in [3.05, 3.63) is 65.4 Å². The largest absolute Gasteiger partial charge is 0.481 e. The molecule has 1 aromatic carbocycles. The van der Waals surface area contributed by atoms with Crippen molar-refractivity contribution < 1.29 is 29.7 Å². The molecule has 35 heavy (non-hydrogen) atoms. The number of piperidine rings is 3. The van der Waals surface area contributed by atoms with Crippen molar-refractivity contribution in [2.24, 2.45) is 11.8 Å². The highest BCUT2D eigenvalue weighted by atomic mass is 16.4. The summed E-state index contributed by atoms with van der Waals surface area (Å²) in [6.07, 6.45) is 13.3. The van der Waals surface area contributed by atoms with Gasteiger partial charge in [0.25, 0.3) is 0 Å². The van der Waals surface area contributed by atoms with Crippen molar-refractivity contribution in [2.45, 2.75) is 44.1 Å². The molecule has 3 fully saturated rings. The van der Waals surface area contributed by atoms with E-state index in [0.717, 1.165) is 49.2 Å². The summed E-state index contributed by atoms with van der Waals surface area (Å²) in [6, 6.07) is 8.37. The molecule has 6 rings (SSSR count). The first-order chi connectivity index (χ1) is 16.8. The maximum absolute atomic E-state index is 12.5. The fourth-order valence-corrected chi connectivity index (χ4v) is 6.04. The molecule has 3 saturated heterocycles. The molecule has 8 heteroatoms. The van der Waals surface area contributed by atoms with E-state index >= 15 is 0 Å². The van der Waals surface area contributed by atoms with Crippen LogP contribution in [0.1, 0.15) is 49.7 Å². The van der Waals surface area contributed by atoms with E-state index in [4.69, 9.17) is 10.2 Å². The van der Waals surface area contributed by atoms with Crippen LogP contribution < -0.4 is 0 Å². The lowest BCUT2D eigenvalue weighted by molar-refractivity contribution is -0.143. The topological polar surface area (TPSA) is 118 Å². The van der Waals surface area contributed by atoms with Gasteiger partial charge in [-0.25, -0.2) is 4.79 Å². The van der Waals surface area contributed by atoms with Gasteiger partial charge >= 0.3 is 18.0 Å². The van der Waals surface area contributed by atoms with Crippen molar-refractivity contribution in [2.75, 3.05) is 19.6 Å². The van der Waals surface area contributed by atoms with Crippen LogP contribution in [-0.4, -0.2) is 62.8 Å². The number of fused-ring (bicyclic) bond motifs is 4. The smallest absolute Gasteiger partial charge is 0.412 e. The van der Waals surface area contributed by atoms with Crippen molar-refractivity contribution in [1.29, 1.82) is 0 Å². The van der Waals surface area contributed by atoms with E-state index in [0.29, 0.717) is 5.92 Å². The number of amides is 1. The van der Waals surface area contributed by atoms with Gasteiger partial charge in [0.15, 0.2) is 0 Å². The zero-order valence-electron chi connectivity index (χ0n) is 19.7. The first-order valence-corrected chi connectivity index (χ1v) is 12.2. The quantitative estimate of drug-likeness (QED) is 0.572. The number of hydrogen-bond acceptors (Lipinski definition) is 4. The highest BCUT2D eigenvalue weighted by Crippen LogP contribution is 2.54. The minimum Gasteiger partial charge on any atom is -0.481 e. The van der Waals surface area contributed by atoms with Gasteiger partial charge < -0.3 is 20.2 Å². The predicted octanol–water partition coefficient (Wildman–Crippen LogP) is 4.40. The van der Waals surface area contributed by atoms with Gasteiger partial charge in [-0.2, -0.15) is 0 Å². The van der Waals surface area contributed by atoms with E-state index in [1.807, 2.05) is 12.1 Å². The Balaban J connectivity index is 0.000000314. The normalized spacial score (nSPS) is 28.4. The average molecular weight is 481 g/mol. The molecule has 1 aromatic rings. The molecule has 5 aliphatic rings. The Morgan fingerprint density at radius 1 is 0.943 bits per heavy atom. The maximum Gasteiger partial charge on any atom is 0.412 e. The summed E-state index contributed by atoms with van der Waals surface area (Å²) in [5, 5.41) is 26.0. The third-order valence-electron chi connectivity index (χ3n) is 7.54. The third-order valence-corrected chi connectivity index (χ3v) is 7.54. The first-order valence-electron chi connectivity index (χ1n) is 12.2. The molecule has 2 bridgehead atoms. The number of carboxylic acid groups (broad SMARTS) is 3. The van der Waals surface area contributed by atoms with Gasteiger partial charge in [0.05, 0.1) is 12.8 Å². The number of carboxylic acids is 2. The minimum absolute atomic E-state index is 0.274. The van der Waals surface area contributed by atoms with Gasteiger partial charge in [0.2, 0.25) is 0 Å². The van der Waals surface area contributed by atoms with Crippen molar-refractivity contribution >= 4 is 24.1 Å². The lowest BCUT2D eigenvalue weighted by Crippen LogP contribution is -2.62. The van der Waals surface area contributed by atoms with Crippen LogP contribution in [0.25, 0.3) is 6.08 Å². The summed E-state index contributed by atoms with van der Waals surface area (Å²) in [5.41, 5.74) is 2.82. The molecular formula is C27H32N2O6. The van der Waals surface area contributed by atoms with Crippen molar-refractivity contribution in [1.82, 2.24) is 9.80 Å². The van der Waals surface area contributed by atoms with Crippen LogP contribution in [0.3, 0.4) is 0 Å². The lowest BCUT2D eigenvalue weighted by atomic mass is 9.60. The maximum atomic E-state index is 12.5. The number of aliphatic carboxylic acids is 2. The molecule has 2 atom stereocenters. The molecule has 1 aliphatic carbocycles. The third kappa shape index (κ3) is 4.89. The summed E-state index contributed by atoms with van der Waals surface area (Å²) < 4.78 is 0. The number of hydrogen-bond donors (Lipinski definition) is 3. The highest BCUT2D eigenvalue weighted by Gasteiger charge is 2.56. The van der Waals surface area contributed by atoms with Crippen LogP contribution in [0, 0.1) is 11.8 Å². The molecule has 4 aliphatic heterocycles. The van der Waals surface area contributed by atoms with Crippen LogP contribution in [0.4, 0.5) is 4.79 Å². The molecule has 0 saturated carbocycles. The molecule has 0 radical (unpaired) electrons. The summed E-state index contributed by atoms with van der Waals surface area (Å²) in [4.78, 5) is 35.9.